The lowest BCUT2D eigenvalue weighted by molar-refractivity contribution is -0.167. The second kappa shape index (κ2) is 68.6. The van der Waals surface area contributed by atoms with E-state index in [0.717, 1.165) is 57.8 Å². The SMILES string of the molecule is CCCCCCCC/C=C\CCCCCCCCCC(=O)OC(COC(=O)CCCCCCCCCCCCCCCCCCC)COC(=O)CCCCCCCCCCCCCCCCCCCCCCCCCCCCC. The highest BCUT2D eigenvalue weighted by Crippen LogP contribution is 2.19. The Morgan fingerprint density at radius 2 is 0.418 bits per heavy atom. The quantitative estimate of drug-likeness (QED) is 0.0261. The maximum Gasteiger partial charge on any atom is 0.306 e. The molecule has 0 radical (unpaired) electrons. The van der Waals surface area contributed by atoms with Gasteiger partial charge in [0.1, 0.15) is 13.2 Å². The highest BCUT2D eigenvalue weighted by molar-refractivity contribution is 5.71. The van der Waals surface area contributed by atoms with Gasteiger partial charge < -0.3 is 14.2 Å². The maximum absolute atomic E-state index is 12.9. The second-order valence-corrected chi connectivity index (χ2v) is 24.9. The van der Waals surface area contributed by atoms with Crippen LogP contribution in [0.25, 0.3) is 0 Å². The van der Waals surface area contributed by atoms with Crippen LogP contribution in [0.15, 0.2) is 12.2 Å². The smallest absolute Gasteiger partial charge is 0.306 e. The van der Waals surface area contributed by atoms with Gasteiger partial charge in [-0.25, -0.2) is 0 Å². The van der Waals surface area contributed by atoms with Crippen LogP contribution in [-0.2, 0) is 28.6 Å². The Labute approximate surface area is 494 Å². The van der Waals surface area contributed by atoms with Crippen molar-refractivity contribution in [2.45, 2.75) is 425 Å². The molecule has 0 aromatic rings. The first-order valence-electron chi connectivity index (χ1n) is 36.2. The summed E-state index contributed by atoms with van der Waals surface area (Å²) in [6.07, 6.45) is 82.5. The first-order valence-corrected chi connectivity index (χ1v) is 36.2. The molecule has 0 saturated heterocycles. The van der Waals surface area contributed by atoms with Crippen molar-refractivity contribution in [3.05, 3.63) is 12.2 Å². The van der Waals surface area contributed by atoms with E-state index < -0.39 is 6.10 Å². The van der Waals surface area contributed by atoms with Crippen LogP contribution >= 0.6 is 0 Å². The van der Waals surface area contributed by atoms with Gasteiger partial charge in [0.2, 0.25) is 0 Å². The fourth-order valence-electron chi connectivity index (χ4n) is 11.3. The molecule has 0 aromatic carbocycles. The van der Waals surface area contributed by atoms with E-state index in [2.05, 4.69) is 32.9 Å². The molecule has 1 unspecified atom stereocenters. The summed E-state index contributed by atoms with van der Waals surface area (Å²) < 4.78 is 17.0. The minimum Gasteiger partial charge on any atom is -0.462 e. The first kappa shape index (κ1) is 77.2. The number of hydrogen-bond acceptors (Lipinski definition) is 6. The molecule has 1 atom stereocenters. The molecule has 0 bridgehead atoms. The molecule has 0 spiro atoms. The van der Waals surface area contributed by atoms with Crippen molar-refractivity contribution in [3.63, 3.8) is 0 Å². The van der Waals surface area contributed by atoms with Gasteiger partial charge in [-0.3, -0.25) is 14.4 Å². The number of allylic oxidation sites excluding steroid dienone is 2. The maximum atomic E-state index is 12.9. The average molecular weight is 1110 g/mol. The standard InChI is InChI=1S/C73H140O6/c1-4-7-10-13-16-19-22-25-28-31-32-33-34-35-36-37-38-39-40-43-45-48-51-54-57-60-63-66-72(75)78-69-70(79-73(76)67-64-61-58-55-52-49-46-42-30-27-24-21-18-15-12-9-6-3)68-77-71(74)65-62-59-56-53-50-47-44-41-29-26-23-20-17-14-11-8-5-2/h27,30,70H,4-26,28-29,31-69H2,1-3H3/b30-27-. The Balaban J connectivity index is 4.21. The molecule has 0 aliphatic rings. The summed E-state index contributed by atoms with van der Waals surface area (Å²) in [5, 5.41) is 0. The summed E-state index contributed by atoms with van der Waals surface area (Å²) in [5.74, 6) is -0.832. The van der Waals surface area contributed by atoms with Crippen LogP contribution in [0, 0.1) is 0 Å². The van der Waals surface area contributed by atoms with Crippen LogP contribution in [0.3, 0.4) is 0 Å². The lowest BCUT2D eigenvalue weighted by atomic mass is 10.0. The zero-order valence-corrected chi connectivity index (χ0v) is 53.9. The third-order valence-corrected chi connectivity index (χ3v) is 16.8. The van der Waals surface area contributed by atoms with Crippen LogP contribution < -0.4 is 0 Å². The molecule has 79 heavy (non-hydrogen) atoms. The summed E-state index contributed by atoms with van der Waals surface area (Å²) in [6.45, 7) is 6.73. The molecule has 6 nitrogen and oxygen atoms in total. The molecule has 468 valence electrons. The minimum absolute atomic E-state index is 0.0648. The van der Waals surface area contributed by atoms with Crippen LogP contribution in [0.5, 0.6) is 0 Å². The molecule has 0 N–H and O–H groups in total. The van der Waals surface area contributed by atoms with Gasteiger partial charge in [-0.1, -0.05) is 367 Å². The highest BCUT2D eigenvalue weighted by atomic mass is 16.6. The lowest BCUT2D eigenvalue weighted by Gasteiger charge is -2.18. The Morgan fingerprint density at radius 1 is 0.241 bits per heavy atom. The van der Waals surface area contributed by atoms with Crippen LogP contribution in [0.2, 0.25) is 0 Å². The summed E-state index contributed by atoms with van der Waals surface area (Å²) in [7, 11) is 0. The average Bonchev–Trinajstić information content (AvgIpc) is 3.45. The molecule has 0 aliphatic carbocycles. The van der Waals surface area contributed by atoms with Gasteiger partial charge in [0, 0.05) is 19.3 Å². The van der Waals surface area contributed by atoms with E-state index >= 15 is 0 Å². The molecule has 0 aromatic heterocycles. The van der Waals surface area contributed by atoms with E-state index in [1.165, 1.54) is 321 Å². The number of carbonyl (C=O) groups excluding carboxylic acids is 3. The van der Waals surface area contributed by atoms with Crippen molar-refractivity contribution >= 4 is 17.9 Å². The molecule has 0 heterocycles. The van der Waals surface area contributed by atoms with Crippen molar-refractivity contribution in [3.8, 4) is 0 Å². The van der Waals surface area contributed by atoms with Crippen LogP contribution in [0.1, 0.15) is 419 Å². The van der Waals surface area contributed by atoms with Gasteiger partial charge in [0.05, 0.1) is 0 Å². The number of carbonyl (C=O) groups is 3. The lowest BCUT2D eigenvalue weighted by Crippen LogP contribution is -2.30. The van der Waals surface area contributed by atoms with E-state index in [1.54, 1.807) is 0 Å². The fraction of sp³-hybridized carbons (Fsp3) is 0.932. The topological polar surface area (TPSA) is 78.9 Å². The Hall–Kier alpha value is -1.85. The van der Waals surface area contributed by atoms with E-state index in [9.17, 15) is 14.4 Å². The monoisotopic (exact) mass is 1110 g/mol. The second-order valence-electron chi connectivity index (χ2n) is 24.9. The largest absolute Gasteiger partial charge is 0.462 e. The van der Waals surface area contributed by atoms with Crippen molar-refractivity contribution in [2.75, 3.05) is 13.2 Å². The molecule has 0 amide bonds. The minimum atomic E-state index is -0.769. The van der Waals surface area contributed by atoms with Gasteiger partial charge >= 0.3 is 17.9 Å². The van der Waals surface area contributed by atoms with Gasteiger partial charge in [0.15, 0.2) is 6.10 Å². The number of esters is 3. The number of unbranched alkanes of at least 4 members (excludes halogenated alkanes) is 55. The third kappa shape index (κ3) is 66.8. The normalized spacial score (nSPS) is 12.0. The van der Waals surface area contributed by atoms with Crippen LogP contribution in [-0.4, -0.2) is 37.2 Å². The van der Waals surface area contributed by atoms with E-state index in [0.29, 0.717) is 19.3 Å². The Morgan fingerprint density at radius 3 is 0.633 bits per heavy atom. The summed E-state index contributed by atoms with van der Waals surface area (Å²) >= 11 is 0. The predicted octanol–water partition coefficient (Wildman–Crippen LogP) is 24.8. The van der Waals surface area contributed by atoms with E-state index in [1.807, 2.05) is 0 Å². The number of hydrogen-bond donors (Lipinski definition) is 0. The van der Waals surface area contributed by atoms with Crippen molar-refractivity contribution in [1.82, 2.24) is 0 Å². The zero-order valence-electron chi connectivity index (χ0n) is 53.9. The van der Waals surface area contributed by atoms with E-state index in [4.69, 9.17) is 14.2 Å². The zero-order chi connectivity index (χ0) is 57.1. The molecule has 6 heteroatoms. The molecule has 0 rings (SSSR count). The molecule has 0 saturated carbocycles. The Kier molecular flexibility index (Phi) is 67.0. The van der Waals surface area contributed by atoms with Crippen molar-refractivity contribution < 1.29 is 28.6 Å². The van der Waals surface area contributed by atoms with Crippen molar-refractivity contribution in [2.24, 2.45) is 0 Å². The summed E-state index contributed by atoms with van der Waals surface area (Å²) in [6, 6.07) is 0. The van der Waals surface area contributed by atoms with Gasteiger partial charge in [-0.2, -0.15) is 0 Å². The fourth-order valence-corrected chi connectivity index (χ4v) is 11.3. The van der Waals surface area contributed by atoms with Gasteiger partial charge in [-0.15, -0.1) is 0 Å². The van der Waals surface area contributed by atoms with Crippen LogP contribution in [0.4, 0.5) is 0 Å². The molecule has 0 aliphatic heterocycles. The van der Waals surface area contributed by atoms with Crippen molar-refractivity contribution in [1.29, 1.82) is 0 Å². The molecular weight excluding hydrogens is 973 g/mol. The van der Waals surface area contributed by atoms with Gasteiger partial charge in [0.25, 0.3) is 0 Å². The number of ether oxygens (including phenoxy) is 3. The summed E-state index contributed by atoms with van der Waals surface area (Å²) in [5.41, 5.74) is 0. The van der Waals surface area contributed by atoms with Gasteiger partial charge in [-0.05, 0) is 44.9 Å². The number of rotatable bonds is 68. The van der Waals surface area contributed by atoms with E-state index in [-0.39, 0.29) is 31.1 Å². The Bertz CT molecular complexity index is 1230. The molecular formula is C73H140O6. The molecule has 0 fully saturated rings. The predicted molar refractivity (Wildman–Crippen MR) is 344 cm³/mol. The third-order valence-electron chi connectivity index (χ3n) is 16.8. The highest BCUT2D eigenvalue weighted by Gasteiger charge is 2.19. The first-order chi connectivity index (χ1) is 39.0. The summed E-state index contributed by atoms with van der Waals surface area (Å²) in [4.78, 5) is 38.5.